The quantitative estimate of drug-likeness (QED) is 0.900. The summed E-state index contributed by atoms with van der Waals surface area (Å²) >= 11 is 1.61. The fourth-order valence-electron chi connectivity index (χ4n) is 1.57. The Morgan fingerprint density at radius 1 is 1.41 bits per heavy atom. The lowest BCUT2D eigenvalue weighted by Crippen LogP contribution is -2.02. The number of benzene rings is 1. The van der Waals surface area contributed by atoms with Gasteiger partial charge in [0.05, 0.1) is 6.61 Å². The van der Waals surface area contributed by atoms with Gasteiger partial charge in [0, 0.05) is 4.88 Å². The van der Waals surface area contributed by atoms with E-state index in [1.165, 1.54) is 0 Å². The maximum atomic E-state index is 11.0. The van der Waals surface area contributed by atoms with Crippen LogP contribution in [0.5, 0.6) is 5.75 Å². The van der Waals surface area contributed by atoms with E-state index in [2.05, 4.69) is 0 Å². The summed E-state index contributed by atoms with van der Waals surface area (Å²) in [5.74, 6) is -0.544. The minimum Gasteiger partial charge on any atom is -0.493 e. The molecule has 0 aliphatic carbocycles. The van der Waals surface area contributed by atoms with Gasteiger partial charge in [-0.1, -0.05) is 12.1 Å². The van der Waals surface area contributed by atoms with Crippen molar-refractivity contribution in [3.05, 3.63) is 41.3 Å². The minimum atomic E-state index is -0.967. The summed E-state index contributed by atoms with van der Waals surface area (Å²) in [5.41, 5.74) is 1.18. The van der Waals surface area contributed by atoms with Gasteiger partial charge in [-0.2, -0.15) is 0 Å². The predicted octanol–water partition coefficient (Wildman–Crippen LogP) is 3.51. The summed E-state index contributed by atoms with van der Waals surface area (Å²) in [6, 6.07) is 9.13. The van der Waals surface area contributed by atoms with Gasteiger partial charge in [0.15, 0.2) is 0 Å². The number of carboxylic acids is 1. The number of aromatic carboxylic acids is 1. The van der Waals surface area contributed by atoms with E-state index in [0.29, 0.717) is 12.4 Å². The Morgan fingerprint density at radius 2 is 2.24 bits per heavy atom. The van der Waals surface area contributed by atoms with Crippen LogP contribution in [-0.2, 0) is 0 Å². The van der Waals surface area contributed by atoms with E-state index in [9.17, 15) is 4.79 Å². The van der Waals surface area contributed by atoms with E-state index in [4.69, 9.17) is 9.84 Å². The fourth-order valence-corrected chi connectivity index (χ4v) is 2.29. The van der Waals surface area contributed by atoms with Crippen molar-refractivity contribution < 1.29 is 14.6 Å². The third-order valence-electron chi connectivity index (χ3n) is 2.32. The van der Waals surface area contributed by atoms with Crippen molar-refractivity contribution in [2.24, 2.45) is 0 Å². The molecule has 4 heteroatoms. The first-order chi connectivity index (χ1) is 8.22. The third-order valence-corrected chi connectivity index (χ3v) is 3.24. The molecule has 3 nitrogen and oxygen atoms in total. The van der Waals surface area contributed by atoms with Gasteiger partial charge in [-0.15, -0.1) is 11.3 Å². The number of rotatable bonds is 4. The third kappa shape index (κ3) is 2.47. The van der Waals surface area contributed by atoms with Crippen LogP contribution in [0.4, 0.5) is 0 Å². The fraction of sp³-hybridized carbons (Fsp3) is 0.154. The lowest BCUT2D eigenvalue weighted by molar-refractivity contribution is 0.0692. The maximum absolute atomic E-state index is 11.0. The summed E-state index contributed by atoms with van der Waals surface area (Å²) in [5, 5.41) is 11.0. The molecule has 0 aliphatic heterocycles. The lowest BCUT2D eigenvalue weighted by atomic mass is 10.1. The minimum absolute atomic E-state index is 0.201. The summed E-state index contributed by atoms with van der Waals surface area (Å²) in [6.45, 7) is 2.29. The Labute approximate surface area is 103 Å². The number of hydrogen-bond acceptors (Lipinski definition) is 3. The summed E-state index contributed by atoms with van der Waals surface area (Å²) in [6.07, 6.45) is 0. The molecule has 17 heavy (non-hydrogen) atoms. The summed E-state index contributed by atoms with van der Waals surface area (Å²) in [7, 11) is 0. The first kappa shape index (κ1) is 11.7. The second-order valence-electron chi connectivity index (χ2n) is 3.43. The van der Waals surface area contributed by atoms with Gasteiger partial charge in [0.25, 0.3) is 0 Å². The van der Waals surface area contributed by atoms with E-state index in [-0.39, 0.29) is 5.56 Å². The number of carboxylic acid groups (broad SMARTS) is 1. The first-order valence-corrected chi connectivity index (χ1v) is 6.14. The van der Waals surface area contributed by atoms with Crippen LogP contribution in [0, 0.1) is 0 Å². The molecule has 1 aromatic heterocycles. The Hall–Kier alpha value is -1.81. The molecule has 0 aliphatic rings. The average Bonchev–Trinajstić information content (AvgIpc) is 2.82. The second kappa shape index (κ2) is 5.01. The van der Waals surface area contributed by atoms with Crippen LogP contribution in [-0.4, -0.2) is 17.7 Å². The van der Waals surface area contributed by atoms with Crippen molar-refractivity contribution in [1.82, 2.24) is 0 Å². The zero-order chi connectivity index (χ0) is 12.3. The number of ether oxygens (including phenoxy) is 1. The molecule has 0 radical (unpaired) electrons. The van der Waals surface area contributed by atoms with Gasteiger partial charge in [-0.3, -0.25) is 0 Å². The predicted molar refractivity (Wildman–Crippen MR) is 67.9 cm³/mol. The van der Waals surface area contributed by atoms with Crippen LogP contribution in [0.25, 0.3) is 10.4 Å². The molecule has 1 aromatic carbocycles. The lowest BCUT2D eigenvalue weighted by Gasteiger charge is -2.08. The highest BCUT2D eigenvalue weighted by Gasteiger charge is 2.12. The number of hydrogen-bond donors (Lipinski definition) is 1. The molecule has 0 unspecified atom stereocenters. The van der Waals surface area contributed by atoms with Gasteiger partial charge >= 0.3 is 5.97 Å². The SMILES string of the molecule is CCOc1cc(-c2cccs2)ccc1C(=O)O. The largest absolute Gasteiger partial charge is 0.493 e. The first-order valence-electron chi connectivity index (χ1n) is 5.26. The highest BCUT2D eigenvalue weighted by Crippen LogP contribution is 2.30. The monoisotopic (exact) mass is 248 g/mol. The molecule has 0 atom stereocenters. The molecule has 1 heterocycles. The van der Waals surface area contributed by atoms with Crippen LogP contribution in [0.1, 0.15) is 17.3 Å². The molecule has 2 aromatic rings. The van der Waals surface area contributed by atoms with Crippen LogP contribution in [0.3, 0.4) is 0 Å². The number of thiophene rings is 1. The molecule has 0 fully saturated rings. The molecular weight excluding hydrogens is 236 g/mol. The van der Waals surface area contributed by atoms with Gasteiger partial charge in [-0.05, 0) is 36.1 Å². The van der Waals surface area contributed by atoms with Gasteiger partial charge < -0.3 is 9.84 Å². The standard InChI is InChI=1S/C13H12O3S/c1-2-16-11-8-9(12-4-3-7-17-12)5-6-10(11)13(14)15/h3-8H,2H2,1H3,(H,14,15). The van der Waals surface area contributed by atoms with E-state index >= 15 is 0 Å². The maximum Gasteiger partial charge on any atom is 0.339 e. The second-order valence-corrected chi connectivity index (χ2v) is 4.37. The Bertz CT molecular complexity index is 517. The normalized spacial score (nSPS) is 10.2. The van der Waals surface area contributed by atoms with E-state index in [0.717, 1.165) is 10.4 Å². The van der Waals surface area contributed by atoms with E-state index in [1.54, 1.807) is 29.5 Å². The van der Waals surface area contributed by atoms with Crippen molar-refractivity contribution in [2.45, 2.75) is 6.92 Å². The van der Waals surface area contributed by atoms with Crippen LogP contribution >= 0.6 is 11.3 Å². The molecule has 0 saturated heterocycles. The summed E-state index contributed by atoms with van der Waals surface area (Å²) < 4.78 is 5.36. The Kier molecular flexibility index (Phi) is 3.44. The van der Waals surface area contributed by atoms with Crippen molar-refractivity contribution >= 4 is 17.3 Å². The average molecular weight is 248 g/mol. The van der Waals surface area contributed by atoms with Crippen LogP contribution in [0.15, 0.2) is 35.7 Å². The van der Waals surface area contributed by atoms with Crippen molar-refractivity contribution in [3.63, 3.8) is 0 Å². The molecule has 1 N–H and O–H groups in total. The molecule has 0 saturated carbocycles. The zero-order valence-corrected chi connectivity index (χ0v) is 10.2. The molecule has 2 rings (SSSR count). The highest BCUT2D eigenvalue weighted by molar-refractivity contribution is 7.13. The smallest absolute Gasteiger partial charge is 0.339 e. The highest BCUT2D eigenvalue weighted by atomic mass is 32.1. The zero-order valence-electron chi connectivity index (χ0n) is 9.34. The topological polar surface area (TPSA) is 46.5 Å². The van der Waals surface area contributed by atoms with Gasteiger partial charge in [-0.25, -0.2) is 4.79 Å². The molecular formula is C13H12O3S. The molecule has 88 valence electrons. The number of carbonyl (C=O) groups is 1. The van der Waals surface area contributed by atoms with Gasteiger partial charge in [0.1, 0.15) is 11.3 Å². The van der Waals surface area contributed by atoms with Crippen molar-refractivity contribution in [3.8, 4) is 16.2 Å². The van der Waals surface area contributed by atoms with E-state index in [1.807, 2.05) is 24.4 Å². The van der Waals surface area contributed by atoms with Gasteiger partial charge in [0.2, 0.25) is 0 Å². The van der Waals surface area contributed by atoms with Crippen LogP contribution < -0.4 is 4.74 Å². The van der Waals surface area contributed by atoms with Crippen molar-refractivity contribution in [1.29, 1.82) is 0 Å². The Balaban J connectivity index is 2.45. The van der Waals surface area contributed by atoms with E-state index < -0.39 is 5.97 Å². The Morgan fingerprint density at radius 3 is 2.82 bits per heavy atom. The van der Waals surface area contributed by atoms with Crippen molar-refractivity contribution in [2.75, 3.05) is 6.61 Å². The van der Waals surface area contributed by atoms with Crippen LogP contribution in [0.2, 0.25) is 0 Å². The molecule has 0 bridgehead atoms. The molecule has 0 spiro atoms. The summed E-state index contributed by atoms with van der Waals surface area (Å²) in [4.78, 5) is 12.1. The molecule has 0 amide bonds.